The maximum absolute atomic E-state index is 13.2. The van der Waals surface area contributed by atoms with Gasteiger partial charge in [-0.2, -0.15) is 0 Å². The van der Waals surface area contributed by atoms with Crippen LogP contribution in [0.5, 0.6) is 0 Å². The second-order valence-corrected chi connectivity index (χ2v) is 12.7. The van der Waals surface area contributed by atoms with Crippen LogP contribution in [-0.4, -0.2) is 48.9 Å². The van der Waals surface area contributed by atoms with E-state index in [0.29, 0.717) is 18.5 Å². The van der Waals surface area contributed by atoms with Crippen LogP contribution < -0.4 is 5.32 Å². The fourth-order valence-electron chi connectivity index (χ4n) is 3.81. The molecule has 2 aromatic rings. The van der Waals surface area contributed by atoms with E-state index in [4.69, 9.17) is 9.47 Å². The number of Topliss-reactive ketones (excluding diaryl/α,β-unsaturated/α-hetero) is 1. The molecule has 0 fully saturated rings. The molecule has 0 unspecified atom stereocenters. The number of rotatable bonds is 13. The van der Waals surface area contributed by atoms with Crippen molar-refractivity contribution in [3.05, 3.63) is 65.7 Å². The van der Waals surface area contributed by atoms with Crippen molar-refractivity contribution in [1.82, 2.24) is 4.90 Å². The largest absolute Gasteiger partial charge is 0.463 e. The van der Waals surface area contributed by atoms with Gasteiger partial charge < -0.3 is 19.7 Å². The normalized spacial score (nSPS) is 12.3. The quantitative estimate of drug-likeness (QED) is 0.281. The number of nitrogens with one attached hydrogen (secondary N) is 1. The van der Waals surface area contributed by atoms with Crippen molar-refractivity contribution >= 4 is 29.4 Å². The Morgan fingerprint density at radius 2 is 1.49 bits per heavy atom. The van der Waals surface area contributed by atoms with Crippen molar-refractivity contribution in [3.8, 4) is 0 Å². The molecule has 2 rings (SSSR count). The average molecular weight is 567 g/mol. The van der Waals surface area contributed by atoms with E-state index in [0.717, 1.165) is 17.5 Å². The van der Waals surface area contributed by atoms with Gasteiger partial charge in [0.05, 0.1) is 12.0 Å². The number of hydrogen-bond donors (Lipinski definition) is 1. The number of anilines is 1. The zero-order valence-corrected chi connectivity index (χ0v) is 25.6. The number of carbonyl (C=O) groups is 4. The highest BCUT2D eigenvalue weighted by atomic mass is 16.6. The van der Waals surface area contributed by atoms with Gasteiger partial charge in [-0.05, 0) is 62.3 Å². The van der Waals surface area contributed by atoms with Gasteiger partial charge in [0.25, 0.3) is 0 Å². The maximum atomic E-state index is 13.2. The lowest BCUT2D eigenvalue weighted by Crippen LogP contribution is -2.32. The zero-order chi connectivity index (χ0) is 30.6. The predicted octanol–water partition coefficient (Wildman–Crippen LogP) is 6.43. The topological polar surface area (TPSA) is 102 Å². The molecule has 2 aromatic carbocycles. The molecule has 0 spiro atoms. The Hall–Kier alpha value is -3.68. The third-order valence-corrected chi connectivity index (χ3v) is 6.49. The third kappa shape index (κ3) is 13.0. The molecule has 0 aromatic heterocycles. The molecule has 0 aliphatic heterocycles. The van der Waals surface area contributed by atoms with Crippen molar-refractivity contribution in [3.63, 3.8) is 0 Å². The molecule has 0 radical (unpaired) electrons. The molecule has 1 N–H and O–H groups in total. The first-order chi connectivity index (χ1) is 19.1. The highest BCUT2D eigenvalue weighted by Gasteiger charge is 2.24. The summed E-state index contributed by atoms with van der Waals surface area (Å²) in [4.78, 5) is 51.5. The standard InChI is InChI=1S/C33H46N2O6/c1-32(2,3)18-17-28(36)22-26(21-24-11-9-8-10-12-24)29(37)34-27-15-13-25(14-16-27)23-41-31(39)35(7)19-20-40-30(38)33(4,5)6/h8-16,26H,17-23H2,1-7H3,(H,34,37)/t26-/m0/s1. The molecule has 1 atom stereocenters. The molecule has 41 heavy (non-hydrogen) atoms. The highest BCUT2D eigenvalue weighted by Crippen LogP contribution is 2.23. The first kappa shape index (κ1) is 33.5. The molecule has 0 aliphatic rings. The number of hydrogen-bond acceptors (Lipinski definition) is 6. The lowest BCUT2D eigenvalue weighted by Gasteiger charge is -2.20. The average Bonchev–Trinajstić information content (AvgIpc) is 2.90. The molecule has 0 saturated heterocycles. The Kier molecular flexibility index (Phi) is 12.6. The molecular weight excluding hydrogens is 520 g/mol. The van der Waals surface area contributed by atoms with Crippen LogP contribution in [-0.2, 0) is 36.9 Å². The van der Waals surface area contributed by atoms with Crippen LogP contribution in [0.25, 0.3) is 0 Å². The number of carbonyl (C=O) groups excluding carboxylic acids is 4. The van der Waals surface area contributed by atoms with Crippen LogP contribution >= 0.6 is 0 Å². The summed E-state index contributed by atoms with van der Waals surface area (Å²) in [5, 5.41) is 2.94. The Morgan fingerprint density at radius 3 is 2.07 bits per heavy atom. The van der Waals surface area contributed by atoms with Gasteiger partial charge in [0.1, 0.15) is 19.0 Å². The van der Waals surface area contributed by atoms with E-state index in [2.05, 4.69) is 26.1 Å². The number of benzene rings is 2. The lowest BCUT2D eigenvalue weighted by molar-refractivity contribution is -0.153. The molecule has 0 bridgehead atoms. The van der Waals surface area contributed by atoms with E-state index in [-0.39, 0.29) is 49.3 Å². The second-order valence-electron chi connectivity index (χ2n) is 12.7. The van der Waals surface area contributed by atoms with Crippen molar-refractivity contribution in [2.45, 2.75) is 73.8 Å². The number of esters is 1. The van der Waals surface area contributed by atoms with Crippen LogP contribution in [0.1, 0.15) is 71.9 Å². The Labute approximate surface area is 244 Å². The summed E-state index contributed by atoms with van der Waals surface area (Å²) in [7, 11) is 1.58. The Bertz CT molecular complexity index is 1150. The summed E-state index contributed by atoms with van der Waals surface area (Å²) < 4.78 is 10.5. The number of ketones is 1. The first-order valence-corrected chi connectivity index (χ1v) is 14.1. The molecule has 224 valence electrons. The van der Waals surface area contributed by atoms with Crippen LogP contribution in [0.4, 0.5) is 10.5 Å². The highest BCUT2D eigenvalue weighted by molar-refractivity contribution is 5.95. The number of ether oxygens (including phenoxy) is 2. The fourth-order valence-corrected chi connectivity index (χ4v) is 3.81. The molecule has 8 nitrogen and oxygen atoms in total. The van der Waals surface area contributed by atoms with Gasteiger partial charge in [0, 0.05) is 31.5 Å². The summed E-state index contributed by atoms with van der Waals surface area (Å²) in [6, 6.07) is 16.7. The SMILES string of the molecule is CN(CCOC(=O)C(C)(C)C)C(=O)OCc1ccc(NC(=O)[C@H](CC(=O)CCC(C)(C)C)Cc2ccccc2)cc1. The van der Waals surface area contributed by atoms with Gasteiger partial charge in [-0.3, -0.25) is 14.4 Å². The van der Waals surface area contributed by atoms with Gasteiger partial charge in [-0.15, -0.1) is 0 Å². The van der Waals surface area contributed by atoms with Gasteiger partial charge in [0.15, 0.2) is 0 Å². The Morgan fingerprint density at radius 1 is 0.854 bits per heavy atom. The summed E-state index contributed by atoms with van der Waals surface area (Å²) in [5.74, 6) is -0.926. The van der Waals surface area contributed by atoms with Crippen molar-refractivity contribution in [2.75, 3.05) is 25.5 Å². The van der Waals surface area contributed by atoms with E-state index in [1.54, 1.807) is 52.1 Å². The van der Waals surface area contributed by atoms with Gasteiger partial charge >= 0.3 is 12.1 Å². The van der Waals surface area contributed by atoms with Crippen LogP contribution in [0, 0.1) is 16.7 Å². The van der Waals surface area contributed by atoms with E-state index in [1.807, 2.05) is 30.3 Å². The number of likely N-dealkylation sites (N-methyl/N-ethyl adjacent to an activating group) is 1. The summed E-state index contributed by atoms with van der Waals surface area (Å²) in [6.45, 7) is 12.0. The van der Waals surface area contributed by atoms with Crippen LogP contribution in [0.3, 0.4) is 0 Å². The molecule has 0 heterocycles. The monoisotopic (exact) mass is 566 g/mol. The van der Waals surface area contributed by atoms with Gasteiger partial charge in [-0.1, -0.05) is 63.2 Å². The predicted molar refractivity (Wildman–Crippen MR) is 160 cm³/mol. The second kappa shape index (κ2) is 15.4. The fraction of sp³-hybridized carbons (Fsp3) is 0.515. The molecule has 0 saturated carbocycles. The summed E-state index contributed by atoms with van der Waals surface area (Å²) in [5.41, 5.74) is 1.81. The van der Waals surface area contributed by atoms with E-state index < -0.39 is 17.4 Å². The number of amides is 2. The van der Waals surface area contributed by atoms with E-state index in [9.17, 15) is 19.2 Å². The van der Waals surface area contributed by atoms with Gasteiger partial charge in [0.2, 0.25) is 5.91 Å². The maximum Gasteiger partial charge on any atom is 0.409 e. The van der Waals surface area contributed by atoms with E-state index in [1.165, 1.54) is 4.90 Å². The molecule has 2 amide bonds. The van der Waals surface area contributed by atoms with Crippen molar-refractivity contribution in [2.24, 2.45) is 16.7 Å². The lowest BCUT2D eigenvalue weighted by atomic mass is 9.86. The minimum atomic E-state index is -0.600. The Balaban J connectivity index is 1.90. The van der Waals surface area contributed by atoms with Crippen molar-refractivity contribution < 1.29 is 28.7 Å². The van der Waals surface area contributed by atoms with Crippen molar-refractivity contribution in [1.29, 1.82) is 0 Å². The summed E-state index contributed by atoms with van der Waals surface area (Å²) in [6.07, 6.45) is 1.36. The molecule has 0 aliphatic carbocycles. The number of nitrogens with zero attached hydrogens (tertiary/aromatic N) is 1. The zero-order valence-electron chi connectivity index (χ0n) is 25.6. The third-order valence-electron chi connectivity index (χ3n) is 6.49. The van der Waals surface area contributed by atoms with E-state index >= 15 is 0 Å². The molecular formula is C33H46N2O6. The summed E-state index contributed by atoms with van der Waals surface area (Å²) >= 11 is 0. The minimum Gasteiger partial charge on any atom is -0.463 e. The van der Waals surface area contributed by atoms with Crippen LogP contribution in [0.15, 0.2) is 54.6 Å². The first-order valence-electron chi connectivity index (χ1n) is 14.1. The van der Waals surface area contributed by atoms with Crippen LogP contribution in [0.2, 0.25) is 0 Å². The van der Waals surface area contributed by atoms with Gasteiger partial charge in [-0.25, -0.2) is 4.79 Å². The molecule has 8 heteroatoms. The smallest absolute Gasteiger partial charge is 0.409 e. The minimum absolute atomic E-state index is 0.0537.